The highest BCUT2D eigenvalue weighted by Crippen LogP contribution is 2.65. The standard InChI is InChI=1S/C33H32O3/c1-31(2)16-32(3,4)18-33(17-31)22-12-8-6-10-19(22)27-23(33)15-24(34)21-14-26(35-5)30-29(28(21)27)20-11-7-9-13-25(20)36-30/h6-15,34H,16-18H2,1-5H3. The SMILES string of the molecule is COc1cc2c(O)cc3c(c2c2c1oc1ccccc12)-c1ccccc1C31CC(C)(C)CC(C)(C)C1. The van der Waals surface area contributed by atoms with Gasteiger partial charge in [-0.2, -0.15) is 0 Å². The first kappa shape index (κ1) is 21.8. The molecule has 0 saturated heterocycles. The maximum Gasteiger partial charge on any atom is 0.177 e. The van der Waals surface area contributed by atoms with Crippen molar-refractivity contribution in [3.63, 3.8) is 0 Å². The number of hydrogen-bond acceptors (Lipinski definition) is 3. The number of phenols is 1. The summed E-state index contributed by atoms with van der Waals surface area (Å²) in [5.74, 6) is 0.951. The average Bonchev–Trinajstić information content (AvgIpc) is 3.31. The lowest BCUT2D eigenvalue weighted by Gasteiger charge is -2.51. The van der Waals surface area contributed by atoms with E-state index in [0.717, 1.165) is 45.6 Å². The molecule has 1 heterocycles. The van der Waals surface area contributed by atoms with Gasteiger partial charge in [0.25, 0.3) is 0 Å². The molecule has 4 aromatic carbocycles. The van der Waals surface area contributed by atoms with Crippen molar-refractivity contribution in [1.29, 1.82) is 0 Å². The lowest BCUT2D eigenvalue weighted by molar-refractivity contribution is 0.0645. The third-order valence-corrected chi connectivity index (χ3v) is 8.66. The molecule has 1 saturated carbocycles. The first-order chi connectivity index (χ1) is 17.1. The van der Waals surface area contributed by atoms with Crippen LogP contribution < -0.4 is 4.74 Å². The quantitative estimate of drug-likeness (QED) is 0.262. The van der Waals surface area contributed by atoms with Crippen LogP contribution in [0, 0.1) is 10.8 Å². The zero-order chi connectivity index (χ0) is 25.0. The van der Waals surface area contributed by atoms with Crippen molar-refractivity contribution in [1.82, 2.24) is 0 Å². The molecule has 36 heavy (non-hydrogen) atoms. The largest absolute Gasteiger partial charge is 0.507 e. The van der Waals surface area contributed by atoms with E-state index in [1.807, 2.05) is 24.3 Å². The highest BCUT2D eigenvalue weighted by Gasteiger charge is 2.53. The molecule has 0 bridgehead atoms. The summed E-state index contributed by atoms with van der Waals surface area (Å²) in [4.78, 5) is 0. The molecule has 1 aromatic heterocycles. The Bertz CT molecular complexity index is 1700. The van der Waals surface area contributed by atoms with Crippen LogP contribution in [0.1, 0.15) is 58.1 Å². The molecule has 2 aliphatic rings. The van der Waals surface area contributed by atoms with Gasteiger partial charge in [0.05, 0.1) is 7.11 Å². The van der Waals surface area contributed by atoms with Crippen LogP contribution in [0.25, 0.3) is 43.8 Å². The number of rotatable bonds is 1. The molecule has 5 aromatic rings. The van der Waals surface area contributed by atoms with Gasteiger partial charge in [-0.3, -0.25) is 0 Å². The zero-order valence-electron chi connectivity index (χ0n) is 21.7. The van der Waals surface area contributed by atoms with E-state index < -0.39 is 0 Å². The fourth-order valence-electron chi connectivity index (χ4n) is 8.32. The lowest BCUT2D eigenvalue weighted by Crippen LogP contribution is -2.43. The first-order valence-corrected chi connectivity index (χ1v) is 12.9. The molecular weight excluding hydrogens is 444 g/mol. The van der Waals surface area contributed by atoms with Crippen molar-refractivity contribution >= 4 is 32.7 Å². The van der Waals surface area contributed by atoms with Gasteiger partial charge in [0.1, 0.15) is 11.3 Å². The second-order valence-electron chi connectivity index (χ2n) is 12.6. The van der Waals surface area contributed by atoms with E-state index in [1.54, 1.807) is 7.11 Å². The molecule has 0 atom stereocenters. The van der Waals surface area contributed by atoms with Crippen LogP contribution in [0.3, 0.4) is 0 Å². The molecule has 0 aliphatic heterocycles. The maximum absolute atomic E-state index is 11.6. The molecule has 3 heteroatoms. The molecule has 0 unspecified atom stereocenters. The van der Waals surface area contributed by atoms with Gasteiger partial charge in [-0.15, -0.1) is 0 Å². The molecule has 182 valence electrons. The van der Waals surface area contributed by atoms with Gasteiger partial charge >= 0.3 is 0 Å². The molecule has 1 N–H and O–H groups in total. The van der Waals surface area contributed by atoms with Gasteiger partial charge < -0.3 is 14.3 Å². The number of phenolic OH excluding ortho intramolecular Hbond substituents is 1. The monoisotopic (exact) mass is 476 g/mol. The Labute approximate surface area is 211 Å². The van der Waals surface area contributed by atoms with Crippen molar-refractivity contribution in [3.8, 4) is 22.6 Å². The van der Waals surface area contributed by atoms with E-state index in [9.17, 15) is 5.11 Å². The summed E-state index contributed by atoms with van der Waals surface area (Å²) in [6.07, 6.45) is 3.31. The highest BCUT2D eigenvalue weighted by molar-refractivity contribution is 6.26. The van der Waals surface area contributed by atoms with E-state index in [-0.39, 0.29) is 16.2 Å². The maximum atomic E-state index is 11.6. The number of fused-ring (bicyclic) bond motifs is 11. The molecule has 0 radical (unpaired) electrons. The molecule has 0 amide bonds. The van der Waals surface area contributed by atoms with Gasteiger partial charge in [0, 0.05) is 27.0 Å². The Morgan fingerprint density at radius 3 is 2.22 bits per heavy atom. The highest BCUT2D eigenvalue weighted by atomic mass is 16.5. The molecule has 2 aliphatic carbocycles. The third kappa shape index (κ3) is 2.74. The van der Waals surface area contributed by atoms with Crippen molar-refractivity contribution < 1.29 is 14.3 Å². The number of ether oxygens (including phenoxy) is 1. The summed E-state index contributed by atoms with van der Waals surface area (Å²) in [5.41, 5.74) is 6.95. The fraction of sp³-hybridized carbons (Fsp3) is 0.333. The number of benzene rings is 4. The zero-order valence-corrected chi connectivity index (χ0v) is 21.7. The summed E-state index contributed by atoms with van der Waals surface area (Å²) < 4.78 is 12.1. The van der Waals surface area contributed by atoms with E-state index in [1.165, 1.54) is 28.7 Å². The summed E-state index contributed by atoms with van der Waals surface area (Å²) in [6, 6.07) is 21.1. The van der Waals surface area contributed by atoms with Gasteiger partial charge in [-0.05, 0) is 70.5 Å². The van der Waals surface area contributed by atoms with E-state index in [0.29, 0.717) is 11.5 Å². The second-order valence-corrected chi connectivity index (χ2v) is 12.6. The summed E-state index contributed by atoms with van der Waals surface area (Å²) in [7, 11) is 1.66. The molecular formula is C33H32O3. The number of methoxy groups -OCH3 is 1. The Hall–Kier alpha value is -3.46. The van der Waals surface area contributed by atoms with Gasteiger partial charge in [0.15, 0.2) is 11.3 Å². The molecule has 3 nitrogen and oxygen atoms in total. The van der Waals surface area contributed by atoms with Crippen LogP contribution in [0.4, 0.5) is 0 Å². The summed E-state index contributed by atoms with van der Waals surface area (Å²) >= 11 is 0. The van der Waals surface area contributed by atoms with E-state index >= 15 is 0 Å². The number of para-hydroxylation sites is 1. The predicted octanol–water partition coefficient (Wildman–Crippen LogP) is 8.96. The minimum atomic E-state index is -0.144. The molecule has 1 spiro atoms. The van der Waals surface area contributed by atoms with Crippen molar-refractivity contribution in [2.24, 2.45) is 10.8 Å². The van der Waals surface area contributed by atoms with Crippen LogP contribution >= 0.6 is 0 Å². The summed E-state index contributed by atoms with van der Waals surface area (Å²) in [5, 5.41) is 15.5. The average molecular weight is 477 g/mol. The Morgan fingerprint density at radius 1 is 0.778 bits per heavy atom. The third-order valence-electron chi connectivity index (χ3n) is 8.66. The van der Waals surface area contributed by atoms with Gasteiger partial charge in [-0.25, -0.2) is 0 Å². The van der Waals surface area contributed by atoms with Crippen LogP contribution in [0.2, 0.25) is 0 Å². The van der Waals surface area contributed by atoms with Gasteiger partial charge in [-0.1, -0.05) is 70.2 Å². The second kappa shape index (κ2) is 6.85. The number of furan rings is 1. The fourth-order valence-corrected chi connectivity index (χ4v) is 8.32. The Kier molecular flexibility index (Phi) is 4.15. The van der Waals surface area contributed by atoms with Crippen molar-refractivity contribution in [2.75, 3.05) is 7.11 Å². The van der Waals surface area contributed by atoms with Crippen LogP contribution in [0.15, 0.2) is 65.1 Å². The first-order valence-electron chi connectivity index (χ1n) is 12.9. The van der Waals surface area contributed by atoms with Crippen molar-refractivity contribution in [2.45, 2.75) is 52.4 Å². The van der Waals surface area contributed by atoms with E-state index in [2.05, 4.69) is 64.1 Å². The number of hydrogen-bond donors (Lipinski definition) is 1. The number of aromatic hydroxyl groups is 1. The minimum Gasteiger partial charge on any atom is -0.507 e. The summed E-state index contributed by atoms with van der Waals surface area (Å²) in [6.45, 7) is 9.63. The van der Waals surface area contributed by atoms with Crippen LogP contribution in [-0.4, -0.2) is 12.2 Å². The Balaban J connectivity index is 1.71. The topological polar surface area (TPSA) is 42.6 Å². The molecule has 1 fully saturated rings. The van der Waals surface area contributed by atoms with E-state index in [4.69, 9.17) is 9.15 Å². The predicted molar refractivity (Wildman–Crippen MR) is 147 cm³/mol. The lowest BCUT2D eigenvalue weighted by atomic mass is 9.52. The molecule has 7 rings (SSSR count). The normalized spacial score (nSPS) is 19.1. The Morgan fingerprint density at radius 2 is 1.47 bits per heavy atom. The van der Waals surface area contributed by atoms with Gasteiger partial charge in [0.2, 0.25) is 0 Å². The van der Waals surface area contributed by atoms with Crippen molar-refractivity contribution in [3.05, 3.63) is 71.8 Å². The van der Waals surface area contributed by atoms with Crippen LogP contribution in [-0.2, 0) is 5.41 Å². The van der Waals surface area contributed by atoms with Crippen LogP contribution in [0.5, 0.6) is 11.5 Å². The smallest absolute Gasteiger partial charge is 0.177 e. The minimum absolute atomic E-state index is 0.144.